The van der Waals surface area contributed by atoms with Gasteiger partial charge in [0.15, 0.2) is 0 Å². The van der Waals surface area contributed by atoms with Gasteiger partial charge in [-0.25, -0.2) is 0 Å². The summed E-state index contributed by atoms with van der Waals surface area (Å²) >= 11 is 0. The molecule has 0 saturated carbocycles. The summed E-state index contributed by atoms with van der Waals surface area (Å²) in [7, 11) is 6.44. The Morgan fingerprint density at radius 3 is 2.56 bits per heavy atom. The van der Waals surface area contributed by atoms with Crippen LogP contribution in [0, 0.1) is 0 Å². The van der Waals surface area contributed by atoms with E-state index in [2.05, 4.69) is 26.1 Å². The number of rotatable bonds is 4. The van der Waals surface area contributed by atoms with E-state index in [4.69, 9.17) is 14.6 Å². The van der Waals surface area contributed by atoms with Gasteiger partial charge in [0, 0.05) is 12.7 Å². The van der Waals surface area contributed by atoms with Crippen molar-refractivity contribution in [2.45, 2.75) is 0 Å². The van der Waals surface area contributed by atoms with Gasteiger partial charge in [-0.15, -0.1) is 0 Å². The Kier molecular flexibility index (Phi) is 6.87. The number of aromatic nitrogens is 1. The summed E-state index contributed by atoms with van der Waals surface area (Å²) in [5, 5.41) is 8.25. The highest BCUT2D eigenvalue weighted by molar-refractivity contribution is 5.29. The van der Waals surface area contributed by atoms with Crippen molar-refractivity contribution in [3.63, 3.8) is 0 Å². The van der Waals surface area contributed by atoms with Crippen molar-refractivity contribution in [3.05, 3.63) is 24.5 Å². The number of carbonyl (C=O) groups excluding carboxylic acids is 1. The van der Waals surface area contributed by atoms with Crippen molar-refractivity contribution in [2.24, 2.45) is 0 Å². The SMILES string of the molecule is C[N+](C)(C)CCOc1cccnc1.O=C[O-]. The molecular formula is C11H18N2O3. The van der Waals surface area contributed by atoms with Crippen molar-refractivity contribution in [1.82, 2.24) is 4.98 Å². The maximum absolute atomic E-state index is 8.25. The third-order valence-electron chi connectivity index (χ3n) is 1.67. The summed E-state index contributed by atoms with van der Waals surface area (Å²) in [4.78, 5) is 12.2. The molecule has 0 N–H and O–H groups in total. The lowest BCUT2D eigenvalue weighted by atomic mass is 10.4. The molecule has 0 bridgehead atoms. The van der Waals surface area contributed by atoms with Gasteiger partial charge in [0.25, 0.3) is 0 Å². The number of quaternary nitrogens is 1. The molecule has 0 amide bonds. The van der Waals surface area contributed by atoms with Crippen molar-refractivity contribution < 1.29 is 19.1 Å². The largest absolute Gasteiger partial charge is 0.554 e. The molecule has 5 heteroatoms. The number of likely N-dealkylation sites (N-methyl/N-ethyl adjacent to an activating group) is 1. The second-order valence-corrected chi connectivity index (χ2v) is 4.15. The van der Waals surface area contributed by atoms with Crippen LogP contribution in [0.5, 0.6) is 5.75 Å². The van der Waals surface area contributed by atoms with Crippen LogP contribution in [0.25, 0.3) is 0 Å². The summed E-state index contributed by atoms with van der Waals surface area (Å²) in [6.45, 7) is 1.23. The summed E-state index contributed by atoms with van der Waals surface area (Å²) < 4.78 is 6.42. The van der Waals surface area contributed by atoms with Crippen molar-refractivity contribution in [1.29, 1.82) is 0 Å². The third-order valence-corrected chi connectivity index (χ3v) is 1.67. The Balaban J connectivity index is 0.000000673. The Morgan fingerprint density at radius 1 is 1.50 bits per heavy atom. The average Bonchev–Trinajstić information content (AvgIpc) is 2.18. The van der Waals surface area contributed by atoms with E-state index in [9.17, 15) is 0 Å². The van der Waals surface area contributed by atoms with Gasteiger partial charge >= 0.3 is 0 Å². The number of hydrogen-bond acceptors (Lipinski definition) is 4. The molecule has 1 heterocycles. The molecule has 90 valence electrons. The molecule has 0 aliphatic carbocycles. The van der Waals surface area contributed by atoms with Crippen molar-refractivity contribution >= 4 is 6.47 Å². The van der Waals surface area contributed by atoms with Gasteiger partial charge in [0.05, 0.1) is 27.3 Å². The lowest BCUT2D eigenvalue weighted by Gasteiger charge is -2.23. The molecule has 1 rings (SSSR count). The molecule has 5 nitrogen and oxygen atoms in total. The highest BCUT2D eigenvalue weighted by Gasteiger charge is 2.05. The zero-order chi connectivity index (χ0) is 12.4. The Morgan fingerprint density at radius 2 is 2.12 bits per heavy atom. The molecule has 0 radical (unpaired) electrons. The lowest BCUT2D eigenvalue weighted by Crippen LogP contribution is -2.38. The Labute approximate surface area is 95.9 Å². The van der Waals surface area contributed by atoms with Crippen LogP contribution in [0.15, 0.2) is 24.5 Å². The summed E-state index contributed by atoms with van der Waals surface area (Å²) in [5.41, 5.74) is 0. The van der Waals surface area contributed by atoms with Crippen LogP contribution in [0.3, 0.4) is 0 Å². The van der Waals surface area contributed by atoms with E-state index in [1.165, 1.54) is 0 Å². The smallest absolute Gasteiger partial charge is 0.137 e. The topological polar surface area (TPSA) is 62.2 Å². The minimum absolute atomic E-state index is 0.500. The fourth-order valence-corrected chi connectivity index (χ4v) is 0.870. The predicted molar refractivity (Wildman–Crippen MR) is 58.7 cm³/mol. The molecular weight excluding hydrogens is 208 g/mol. The van der Waals surface area contributed by atoms with Crippen LogP contribution >= 0.6 is 0 Å². The lowest BCUT2D eigenvalue weighted by molar-refractivity contribution is -0.870. The van der Waals surface area contributed by atoms with E-state index in [1.54, 1.807) is 12.4 Å². The molecule has 0 aliphatic heterocycles. The molecule has 0 saturated heterocycles. The minimum Gasteiger partial charge on any atom is -0.554 e. The minimum atomic E-state index is -0.500. The number of hydrogen-bond donors (Lipinski definition) is 0. The predicted octanol–water partition coefficient (Wildman–Crippen LogP) is -0.467. The zero-order valence-corrected chi connectivity index (χ0v) is 9.92. The number of nitrogens with zero attached hydrogens (tertiary/aromatic N) is 2. The first-order chi connectivity index (χ1) is 7.49. The van der Waals surface area contributed by atoms with Crippen LogP contribution in [0.1, 0.15) is 0 Å². The quantitative estimate of drug-likeness (QED) is 0.514. The van der Waals surface area contributed by atoms with Crippen LogP contribution in [-0.4, -0.2) is 50.2 Å². The van der Waals surface area contributed by atoms with Gasteiger partial charge in [0.1, 0.15) is 18.9 Å². The van der Waals surface area contributed by atoms with Crippen molar-refractivity contribution in [3.8, 4) is 5.75 Å². The van der Waals surface area contributed by atoms with Gasteiger partial charge < -0.3 is 19.1 Å². The summed E-state index contributed by atoms with van der Waals surface area (Å²) in [6.07, 6.45) is 3.47. The van der Waals surface area contributed by atoms with E-state index in [0.29, 0.717) is 0 Å². The Bertz CT molecular complexity index is 283. The first-order valence-electron chi connectivity index (χ1n) is 4.88. The van der Waals surface area contributed by atoms with E-state index >= 15 is 0 Å². The standard InChI is InChI=1S/C10H17N2O.CH2O2/c1-12(2,3)7-8-13-10-5-4-6-11-9-10;2-1-3/h4-6,9H,7-8H2,1-3H3;1H,(H,2,3)/q+1;/p-1. The number of ether oxygens (including phenoxy) is 1. The molecule has 0 aromatic carbocycles. The molecule has 16 heavy (non-hydrogen) atoms. The van der Waals surface area contributed by atoms with Gasteiger partial charge in [-0.05, 0) is 12.1 Å². The van der Waals surface area contributed by atoms with E-state index in [0.717, 1.165) is 23.4 Å². The molecule has 1 aromatic rings. The van der Waals surface area contributed by atoms with Gasteiger partial charge in [0.2, 0.25) is 0 Å². The maximum Gasteiger partial charge on any atom is 0.137 e. The monoisotopic (exact) mass is 226 g/mol. The van der Waals surface area contributed by atoms with Crippen molar-refractivity contribution in [2.75, 3.05) is 34.3 Å². The Hall–Kier alpha value is -1.62. The summed E-state index contributed by atoms with van der Waals surface area (Å²) in [6, 6.07) is 3.80. The third kappa shape index (κ3) is 8.96. The zero-order valence-electron chi connectivity index (χ0n) is 9.92. The first kappa shape index (κ1) is 14.4. The fraction of sp³-hybridized carbons (Fsp3) is 0.455. The van der Waals surface area contributed by atoms with E-state index in [-0.39, 0.29) is 0 Å². The highest BCUT2D eigenvalue weighted by Crippen LogP contribution is 2.05. The molecule has 0 unspecified atom stereocenters. The molecule has 0 atom stereocenters. The van der Waals surface area contributed by atoms with E-state index in [1.807, 2.05) is 12.1 Å². The molecule has 1 aromatic heterocycles. The fourth-order valence-electron chi connectivity index (χ4n) is 0.870. The van der Waals surface area contributed by atoms with Gasteiger partial charge in [-0.2, -0.15) is 0 Å². The first-order valence-corrected chi connectivity index (χ1v) is 4.88. The number of carbonyl (C=O) groups is 1. The van der Waals surface area contributed by atoms with Crippen LogP contribution < -0.4 is 9.84 Å². The normalized spacial score (nSPS) is 9.94. The number of pyridine rings is 1. The molecule has 0 spiro atoms. The van der Waals surface area contributed by atoms with Gasteiger partial charge in [-0.3, -0.25) is 4.98 Å². The molecule has 0 aliphatic rings. The molecule has 0 fully saturated rings. The van der Waals surface area contributed by atoms with Crippen LogP contribution in [0.4, 0.5) is 0 Å². The maximum atomic E-state index is 8.25. The van der Waals surface area contributed by atoms with E-state index < -0.39 is 6.47 Å². The van der Waals surface area contributed by atoms with Crippen LogP contribution in [0.2, 0.25) is 0 Å². The van der Waals surface area contributed by atoms with Crippen LogP contribution in [-0.2, 0) is 4.79 Å². The second-order valence-electron chi connectivity index (χ2n) is 4.15. The number of carboxylic acid groups (broad SMARTS) is 1. The average molecular weight is 226 g/mol. The highest BCUT2D eigenvalue weighted by atomic mass is 16.5. The van der Waals surface area contributed by atoms with Gasteiger partial charge in [-0.1, -0.05) is 0 Å². The second kappa shape index (κ2) is 7.64. The summed E-state index contributed by atoms with van der Waals surface area (Å²) in [5.74, 6) is 0.843.